The first-order valence-electron chi connectivity index (χ1n) is 5.80. The van der Waals surface area contributed by atoms with E-state index >= 15 is 0 Å². The number of piperidine rings is 1. The molecule has 2 fully saturated rings. The van der Waals surface area contributed by atoms with E-state index in [4.69, 9.17) is 0 Å². The van der Waals surface area contributed by atoms with Crippen molar-refractivity contribution < 1.29 is 9.90 Å². The fourth-order valence-corrected chi connectivity index (χ4v) is 2.24. The van der Waals surface area contributed by atoms with Crippen molar-refractivity contribution in [3.05, 3.63) is 0 Å². The Morgan fingerprint density at radius 3 is 2.53 bits per heavy atom. The molecule has 86 valence electrons. The van der Waals surface area contributed by atoms with Gasteiger partial charge in [0.1, 0.15) is 0 Å². The molecule has 1 saturated heterocycles. The molecule has 1 amide bonds. The molecule has 0 aromatic carbocycles. The van der Waals surface area contributed by atoms with Gasteiger partial charge in [-0.15, -0.1) is 0 Å². The molecule has 2 aliphatic rings. The molecule has 0 unspecified atom stereocenters. The van der Waals surface area contributed by atoms with Gasteiger partial charge >= 0.3 is 0 Å². The lowest BCUT2D eigenvalue weighted by atomic mass is 9.91. The molecule has 15 heavy (non-hydrogen) atoms. The zero-order valence-electron chi connectivity index (χ0n) is 9.33. The van der Waals surface area contributed by atoms with E-state index < -0.39 is 5.60 Å². The molecule has 0 radical (unpaired) electrons. The van der Waals surface area contributed by atoms with Crippen molar-refractivity contribution in [2.24, 2.45) is 5.92 Å². The highest BCUT2D eigenvalue weighted by molar-refractivity contribution is 5.81. The minimum absolute atomic E-state index is 0.306. The van der Waals surface area contributed by atoms with Crippen LogP contribution in [0.15, 0.2) is 0 Å². The van der Waals surface area contributed by atoms with Crippen LogP contribution in [0.3, 0.4) is 0 Å². The summed E-state index contributed by atoms with van der Waals surface area (Å²) in [4.78, 5) is 13.7. The molecule has 4 nitrogen and oxygen atoms in total. The van der Waals surface area contributed by atoms with E-state index in [9.17, 15) is 9.90 Å². The zero-order chi connectivity index (χ0) is 10.9. The topological polar surface area (TPSA) is 52.6 Å². The lowest BCUT2D eigenvalue weighted by Crippen LogP contribution is -2.51. The molecule has 0 spiro atoms. The van der Waals surface area contributed by atoms with E-state index in [0.717, 1.165) is 12.8 Å². The summed E-state index contributed by atoms with van der Waals surface area (Å²) in [5.74, 6) is 0.613. The predicted octanol–water partition coefficient (Wildman–Crippen LogP) is -0.0307. The molecular weight excluding hydrogens is 192 g/mol. The third-order valence-corrected chi connectivity index (χ3v) is 3.44. The lowest BCUT2D eigenvalue weighted by molar-refractivity contribution is -0.136. The number of carbonyl (C=O) groups is 1. The summed E-state index contributed by atoms with van der Waals surface area (Å²) < 4.78 is 0. The number of likely N-dealkylation sites (tertiary alicyclic amines) is 1. The normalized spacial score (nSPS) is 25.3. The van der Waals surface area contributed by atoms with E-state index in [1.54, 1.807) is 0 Å². The fraction of sp³-hybridized carbons (Fsp3) is 0.909. The van der Waals surface area contributed by atoms with Crippen LogP contribution in [0.25, 0.3) is 0 Å². The van der Waals surface area contributed by atoms with Crippen LogP contribution in [0.5, 0.6) is 0 Å². The average Bonchev–Trinajstić information content (AvgIpc) is 3.01. The number of hydrogen-bond acceptors (Lipinski definition) is 3. The Bertz CT molecular complexity index is 243. The van der Waals surface area contributed by atoms with Gasteiger partial charge in [-0.05, 0) is 32.7 Å². The predicted molar refractivity (Wildman–Crippen MR) is 57.4 cm³/mol. The van der Waals surface area contributed by atoms with Gasteiger partial charge in [-0.1, -0.05) is 0 Å². The molecule has 2 N–H and O–H groups in total. The van der Waals surface area contributed by atoms with Gasteiger partial charge in [-0.3, -0.25) is 4.79 Å². The highest BCUT2D eigenvalue weighted by atomic mass is 16.3. The number of nitrogens with one attached hydrogen (secondary N) is 1. The minimum atomic E-state index is -0.602. The van der Waals surface area contributed by atoms with Crippen molar-refractivity contribution in [1.29, 1.82) is 0 Å². The Morgan fingerprint density at radius 1 is 1.47 bits per heavy atom. The number of hydrogen-bond donors (Lipinski definition) is 2. The molecule has 0 bridgehead atoms. The maximum Gasteiger partial charge on any atom is 0.225 e. The summed E-state index contributed by atoms with van der Waals surface area (Å²) in [6.45, 7) is 2.06. The van der Waals surface area contributed by atoms with Crippen LogP contribution >= 0.6 is 0 Å². The molecule has 1 saturated carbocycles. The maximum absolute atomic E-state index is 11.8. The smallest absolute Gasteiger partial charge is 0.225 e. The van der Waals surface area contributed by atoms with Gasteiger partial charge in [-0.2, -0.15) is 0 Å². The van der Waals surface area contributed by atoms with Crippen molar-refractivity contribution in [3.63, 3.8) is 0 Å². The van der Waals surface area contributed by atoms with Gasteiger partial charge in [0.25, 0.3) is 0 Å². The summed E-state index contributed by atoms with van der Waals surface area (Å²) in [6, 6.07) is 0. The summed E-state index contributed by atoms with van der Waals surface area (Å²) in [6.07, 6.45) is 3.53. The Kier molecular flexibility index (Phi) is 2.98. The third-order valence-electron chi connectivity index (χ3n) is 3.44. The quantitative estimate of drug-likeness (QED) is 0.690. The highest BCUT2D eigenvalue weighted by Crippen LogP contribution is 2.32. The number of aliphatic hydroxyl groups is 1. The monoisotopic (exact) mass is 212 g/mol. The molecule has 0 aromatic heterocycles. The van der Waals surface area contributed by atoms with Gasteiger partial charge in [-0.25, -0.2) is 0 Å². The second-order valence-electron chi connectivity index (χ2n) is 4.85. The molecule has 1 heterocycles. The fourth-order valence-electron chi connectivity index (χ4n) is 2.24. The number of carbonyl (C=O) groups excluding carboxylic acids is 1. The van der Waals surface area contributed by atoms with Crippen molar-refractivity contribution >= 4 is 5.91 Å². The lowest BCUT2D eigenvalue weighted by Gasteiger charge is -2.38. The van der Waals surface area contributed by atoms with Crippen LogP contribution < -0.4 is 5.32 Å². The van der Waals surface area contributed by atoms with Crippen molar-refractivity contribution in [1.82, 2.24) is 10.2 Å². The first-order chi connectivity index (χ1) is 7.14. The first kappa shape index (κ1) is 10.9. The molecule has 1 aliphatic carbocycles. The van der Waals surface area contributed by atoms with Gasteiger partial charge in [0.2, 0.25) is 5.91 Å². The van der Waals surface area contributed by atoms with E-state index in [1.165, 1.54) is 0 Å². The number of amides is 1. The van der Waals surface area contributed by atoms with Gasteiger partial charge in [0.15, 0.2) is 0 Å². The van der Waals surface area contributed by atoms with Crippen molar-refractivity contribution in [3.8, 4) is 0 Å². The number of rotatable bonds is 3. The molecule has 2 rings (SSSR count). The van der Waals surface area contributed by atoms with Crippen LogP contribution in [0.4, 0.5) is 0 Å². The Morgan fingerprint density at radius 2 is 2.07 bits per heavy atom. The molecule has 0 atom stereocenters. The Hall–Kier alpha value is -0.610. The molecule has 1 aliphatic heterocycles. The molecular formula is C11H20N2O2. The van der Waals surface area contributed by atoms with Crippen molar-refractivity contribution in [2.75, 3.05) is 26.7 Å². The van der Waals surface area contributed by atoms with E-state index in [-0.39, 0.29) is 0 Å². The van der Waals surface area contributed by atoms with E-state index in [0.29, 0.717) is 44.3 Å². The van der Waals surface area contributed by atoms with Crippen molar-refractivity contribution in [2.45, 2.75) is 31.3 Å². The third kappa shape index (κ3) is 2.49. The van der Waals surface area contributed by atoms with Gasteiger partial charge in [0, 0.05) is 25.6 Å². The Labute approximate surface area is 90.6 Å². The van der Waals surface area contributed by atoms with Crippen LogP contribution in [-0.4, -0.2) is 48.2 Å². The summed E-state index contributed by atoms with van der Waals surface area (Å²) >= 11 is 0. The van der Waals surface area contributed by atoms with E-state index in [1.807, 2.05) is 11.9 Å². The largest absolute Gasteiger partial charge is 0.388 e. The standard InChI is InChI=1S/C11H20N2O2/c1-12-8-11(15)4-6-13(7-5-11)10(14)9-2-3-9/h9,12,15H,2-8H2,1H3. The Balaban J connectivity index is 1.83. The minimum Gasteiger partial charge on any atom is -0.388 e. The molecule has 0 aromatic rings. The summed E-state index contributed by atoms with van der Waals surface area (Å²) in [7, 11) is 1.85. The number of nitrogens with zero attached hydrogens (tertiary/aromatic N) is 1. The zero-order valence-corrected chi connectivity index (χ0v) is 9.33. The first-order valence-corrected chi connectivity index (χ1v) is 5.80. The second-order valence-corrected chi connectivity index (χ2v) is 4.85. The van der Waals surface area contributed by atoms with Crippen LogP contribution in [0.2, 0.25) is 0 Å². The van der Waals surface area contributed by atoms with Gasteiger partial charge < -0.3 is 15.3 Å². The van der Waals surface area contributed by atoms with Gasteiger partial charge in [0.05, 0.1) is 5.60 Å². The second kappa shape index (κ2) is 4.10. The average molecular weight is 212 g/mol. The van der Waals surface area contributed by atoms with Crippen LogP contribution in [0.1, 0.15) is 25.7 Å². The highest BCUT2D eigenvalue weighted by Gasteiger charge is 2.38. The van der Waals surface area contributed by atoms with Crippen LogP contribution in [-0.2, 0) is 4.79 Å². The van der Waals surface area contributed by atoms with E-state index in [2.05, 4.69) is 5.32 Å². The summed E-state index contributed by atoms with van der Waals surface area (Å²) in [5, 5.41) is 13.1. The summed E-state index contributed by atoms with van der Waals surface area (Å²) in [5.41, 5.74) is -0.602. The SMILES string of the molecule is CNCC1(O)CCN(C(=O)C2CC2)CC1. The number of likely N-dealkylation sites (N-methyl/N-ethyl adjacent to an activating group) is 1. The maximum atomic E-state index is 11.8. The molecule has 4 heteroatoms. The van der Waals surface area contributed by atoms with Crippen LogP contribution in [0, 0.1) is 5.92 Å².